The molecule has 0 radical (unpaired) electrons. The molecule has 0 saturated carbocycles. The molecule has 0 aliphatic heterocycles. The van der Waals surface area contributed by atoms with E-state index in [9.17, 15) is 9.59 Å². The van der Waals surface area contributed by atoms with E-state index in [1.807, 2.05) is 6.07 Å². The third-order valence-electron chi connectivity index (χ3n) is 3.69. The first-order valence-electron chi connectivity index (χ1n) is 8.01. The molecule has 0 saturated heterocycles. The minimum Gasteiger partial charge on any atom is -0.481 e. The van der Waals surface area contributed by atoms with Gasteiger partial charge in [0.2, 0.25) is 0 Å². The normalized spacial score (nSPS) is 11.7. The number of hydrazine groups is 1. The van der Waals surface area contributed by atoms with Crippen LogP contribution in [-0.2, 0) is 4.79 Å². The van der Waals surface area contributed by atoms with Crippen LogP contribution in [0.2, 0.25) is 5.15 Å². The Hall–Kier alpha value is -2.64. The number of nitrogens with zero attached hydrogens (tertiary/aromatic N) is 1. The smallest absolute Gasteiger partial charge is 0.279 e. The van der Waals surface area contributed by atoms with E-state index in [2.05, 4.69) is 31.8 Å². The fourth-order valence-corrected chi connectivity index (χ4v) is 2.86. The maximum Gasteiger partial charge on any atom is 0.279 e. The highest BCUT2D eigenvalue weighted by atomic mass is 79.9. The van der Waals surface area contributed by atoms with Crippen LogP contribution in [-0.4, -0.2) is 22.9 Å². The van der Waals surface area contributed by atoms with Crippen LogP contribution in [0, 0.1) is 0 Å². The second-order valence-corrected chi connectivity index (χ2v) is 7.01. The summed E-state index contributed by atoms with van der Waals surface area (Å²) >= 11 is 9.19. The summed E-state index contributed by atoms with van der Waals surface area (Å²) in [5.74, 6) is -0.383. The zero-order valence-electron chi connectivity index (χ0n) is 14.2. The van der Waals surface area contributed by atoms with Crippen molar-refractivity contribution in [1.82, 2.24) is 15.8 Å². The molecular weight excluding hydrogens is 434 g/mol. The van der Waals surface area contributed by atoms with Crippen molar-refractivity contribution in [2.45, 2.75) is 13.0 Å². The third-order valence-corrected chi connectivity index (χ3v) is 4.40. The van der Waals surface area contributed by atoms with Crippen LogP contribution in [0.3, 0.4) is 0 Å². The fraction of sp³-hybridized carbons (Fsp3) is 0.105. The first-order valence-corrected chi connectivity index (χ1v) is 9.18. The number of benzene rings is 2. The predicted octanol–water partition coefficient (Wildman–Crippen LogP) is 3.88. The van der Waals surface area contributed by atoms with Crippen molar-refractivity contribution in [2.75, 3.05) is 0 Å². The molecule has 3 rings (SSSR count). The maximum atomic E-state index is 12.3. The van der Waals surface area contributed by atoms with E-state index in [0.717, 1.165) is 9.86 Å². The van der Waals surface area contributed by atoms with E-state index in [4.69, 9.17) is 16.3 Å². The zero-order valence-corrected chi connectivity index (χ0v) is 16.5. The predicted molar refractivity (Wildman–Crippen MR) is 107 cm³/mol. The van der Waals surface area contributed by atoms with Crippen LogP contribution < -0.4 is 15.6 Å². The Morgan fingerprint density at radius 1 is 1.11 bits per heavy atom. The molecule has 0 spiro atoms. The molecule has 138 valence electrons. The van der Waals surface area contributed by atoms with Crippen LogP contribution >= 0.6 is 27.5 Å². The lowest BCUT2D eigenvalue weighted by atomic mass is 10.1. The Labute approximate surface area is 169 Å². The Morgan fingerprint density at radius 2 is 1.93 bits per heavy atom. The van der Waals surface area contributed by atoms with Gasteiger partial charge in [0.15, 0.2) is 6.10 Å². The summed E-state index contributed by atoms with van der Waals surface area (Å²) in [6.07, 6.45) is -0.789. The Kier molecular flexibility index (Phi) is 5.93. The second-order valence-electron chi connectivity index (χ2n) is 5.70. The van der Waals surface area contributed by atoms with Gasteiger partial charge in [0.25, 0.3) is 11.8 Å². The molecule has 0 aliphatic carbocycles. The quantitative estimate of drug-likeness (QED) is 0.469. The Bertz CT molecular complexity index is 1010. The summed E-state index contributed by atoms with van der Waals surface area (Å²) in [5, 5.41) is 1.15. The molecule has 8 heteroatoms. The molecule has 0 fully saturated rings. The summed E-state index contributed by atoms with van der Waals surface area (Å²) in [7, 11) is 0. The van der Waals surface area contributed by atoms with E-state index in [-0.39, 0.29) is 0 Å². The van der Waals surface area contributed by atoms with Crippen LogP contribution in [0.15, 0.2) is 59.1 Å². The van der Waals surface area contributed by atoms with Gasteiger partial charge in [-0.1, -0.05) is 33.6 Å². The van der Waals surface area contributed by atoms with Crippen molar-refractivity contribution in [1.29, 1.82) is 0 Å². The zero-order chi connectivity index (χ0) is 19.4. The maximum absolute atomic E-state index is 12.3. The Balaban J connectivity index is 1.59. The number of pyridine rings is 1. The van der Waals surface area contributed by atoms with Crippen LogP contribution in [0.1, 0.15) is 17.3 Å². The second kappa shape index (κ2) is 8.37. The molecule has 3 aromatic rings. The van der Waals surface area contributed by atoms with E-state index < -0.39 is 17.9 Å². The summed E-state index contributed by atoms with van der Waals surface area (Å²) in [5.41, 5.74) is 5.80. The summed E-state index contributed by atoms with van der Waals surface area (Å²) in [6.45, 7) is 1.59. The van der Waals surface area contributed by atoms with Crippen molar-refractivity contribution in [3.05, 3.63) is 69.8 Å². The lowest BCUT2D eigenvalue weighted by molar-refractivity contribution is -0.128. The molecule has 2 aromatic carbocycles. The van der Waals surface area contributed by atoms with Crippen LogP contribution in [0.5, 0.6) is 5.75 Å². The van der Waals surface area contributed by atoms with Crippen molar-refractivity contribution >= 4 is 50.2 Å². The lowest BCUT2D eigenvalue weighted by Crippen LogP contribution is -2.47. The first kappa shape index (κ1) is 19.1. The summed E-state index contributed by atoms with van der Waals surface area (Å²) in [6, 6.07) is 15.5. The summed E-state index contributed by atoms with van der Waals surface area (Å²) in [4.78, 5) is 28.6. The topological polar surface area (TPSA) is 80.3 Å². The van der Waals surface area contributed by atoms with Gasteiger partial charge in [0.05, 0.1) is 5.52 Å². The third kappa shape index (κ3) is 4.96. The highest BCUT2D eigenvalue weighted by Crippen LogP contribution is 2.19. The number of carbonyl (C=O) groups excluding carboxylic acids is 2. The molecular formula is C19H15BrClN3O3. The molecule has 6 nitrogen and oxygen atoms in total. The number of hydrogen-bond acceptors (Lipinski definition) is 4. The van der Waals surface area contributed by atoms with Gasteiger partial charge in [-0.15, -0.1) is 0 Å². The van der Waals surface area contributed by atoms with Crippen molar-refractivity contribution in [2.24, 2.45) is 0 Å². The van der Waals surface area contributed by atoms with Gasteiger partial charge in [-0.25, -0.2) is 4.98 Å². The van der Waals surface area contributed by atoms with Gasteiger partial charge in [0, 0.05) is 15.4 Å². The Morgan fingerprint density at radius 3 is 2.70 bits per heavy atom. The average molecular weight is 449 g/mol. The van der Waals surface area contributed by atoms with Crippen LogP contribution in [0.25, 0.3) is 10.9 Å². The van der Waals surface area contributed by atoms with Crippen molar-refractivity contribution in [3.63, 3.8) is 0 Å². The molecule has 0 aliphatic rings. The fourth-order valence-electron chi connectivity index (χ4n) is 2.33. The number of hydrogen-bond donors (Lipinski definition) is 2. The number of aromatic nitrogens is 1. The number of ether oxygens (including phenoxy) is 1. The number of halogens is 2. The van der Waals surface area contributed by atoms with E-state index in [1.165, 1.54) is 0 Å². The standard InChI is InChI=1S/C19H15BrClN3O3/c1-11(27-15-4-2-3-14(20)10-15)18(25)23-24-19(26)13-5-7-16-12(9-13)6-8-17(21)22-16/h2-11H,1H3,(H,23,25)(H,24,26). The van der Waals surface area contributed by atoms with Gasteiger partial charge >= 0.3 is 0 Å². The molecule has 1 aromatic heterocycles. The number of fused-ring (bicyclic) bond motifs is 1. The van der Waals surface area contributed by atoms with E-state index in [0.29, 0.717) is 22.0 Å². The van der Waals surface area contributed by atoms with Gasteiger partial charge < -0.3 is 4.74 Å². The number of rotatable bonds is 4. The van der Waals surface area contributed by atoms with Crippen molar-refractivity contribution in [3.8, 4) is 5.75 Å². The summed E-state index contributed by atoms with van der Waals surface area (Å²) < 4.78 is 6.39. The number of nitrogens with one attached hydrogen (secondary N) is 2. The minimum atomic E-state index is -0.789. The van der Waals surface area contributed by atoms with E-state index in [1.54, 1.807) is 55.5 Å². The average Bonchev–Trinajstić information content (AvgIpc) is 2.65. The molecule has 1 unspecified atom stereocenters. The first-order chi connectivity index (χ1) is 12.9. The molecule has 1 heterocycles. The molecule has 27 heavy (non-hydrogen) atoms. The van der Waals surface area contributed by atoms with Gasteiger partial charge in [-0.3, -0.25) is 20.4 Å². The number of carbonyl (C=O) groups is 2. The number of amides is 2. The lowest BCUT2D eigenvalue weighted by Gasteiger charge is -2.15. The van der Waals surface area contributed by atoms with Crippen molar-refractivity contribution < 1.29 is 14.3 Å². The monoisotopic (exact) mass is 447 g/mol. The van der Waals surface area contributed by atoms with Gasteiger partial charge in [0.1, 0.15) is 10.9 Å². The molecule has 2 N–H and O–H groups in total. The molecule has 2 amide bonds. The SMILES string of the molecule is CC(Oc1cccc(Br)c1)C(=O)NNC(=O)c1ccc2nc(Cl)ccc2c1. The van der Waals surface area contributed by atoms with Crippen LogP contribution in [0.4, 0.5) is 0 Å². The highest BCUT2D eigenvalue weighted by molar-refractivity contribution is 9.10. The largest absolute Gasteiger partial charge is 0.481 e. The minimum absolute atomic E-state index is 0.381. The molecule has 1 atom stereocenters. The van der Waals surface area contributed by atoms with E-state index >= 15 is 0 Å². The molecule has 0 bridgehead atoms. The highest BCUT2D eigenvalue weighted by Gasteiger charge is 2.16. The van der Waals surface area contributed by atoms with Gasteiger partial charge in [-0.2, -0.15) is 0 Å². The van der Waals surface area contributed by atoms with Gasteiger partial charge in [-0.05, 0) is 55.5 Å².